The number of aliphatic imine (C=N–C) groups is 1. The van der Waals surface area contributed by atoms with E-state index in [1.54, 1.807) is 0 Å². The Morgan fingerprint density at radius 1 is 1.29 bits per heavy atom. The minimum Gasteiger partial charge on any atom is -0.355 e. The van der Waals surface area contributed by atoms with Crippen LogP contribution in [0.5, 0.6) is 0 Å². The number of guanidine groups is 1. The fourth-order valence-corrected chi connectivity index (χ4v) is 2.72. The van der Waals surface area contributed by atoms with Gasteiger partial charge in [-0.3, -0.25) is 4.99 Å². The van der Waals surface area contributed by atoms with Gasteiger partial charge in [0.25, 0.3) is 0 Å². The van der Waals surface area contributed by atoms with E-state index >= 15 is 0 Å². The van der Waals surface area contributed by atoms with Gasteiger partial charge in [0.2, 0.25) is 0 Å². The lowest BCUT2D eigenvalue weighted by Gasteiger charge is -2.24. The highest BCUT2D eigenvalue weighted by Crippen LogP contribution is 2.27. The van der Waals surface area contributed by atoms with Gasteiger partial charge in [-0.05, 0) is 31.1 Å². The summed E-state index contributed by atoms with van der Waals surface area (Å²) in [5.41, 5.74) is 2.71. The molecule has 1 N–H and O–H groups in total. The van der Waals surface area contributed by atoms with Gasteiger partial charge >= 0.3 is 0 Å². The maximum Gasteiger partial charge on any atom is 0.198 e. The number of rotatable bonds is 5. The van der Waals surface area contributed by atoms with Crippen molar-refractivity contribution in [2.75, 3.05) is 44.7 Å². The number of fused-ring (bicyclic) bond motifs is 1. The Labute approximate surface area is 145 Å². The maximum atomic E-state index is 4.43. The smallest absolute Gasteiger partial charge is 0.198 e. The molecule has 0 spiro atoms. The minimum atomic E-state index is 0. The third-order valence-corrected chi connectivity index (χ3v) is 3.96. The second-order valence-electron chi connectivity index (χ2n) is 5.03. The lowest BCUT2D eigenvalue weighted by molar-refractivity contribution is 0.308. The topological polar surface area (TPSA) is 30.9 Å². The zero-order valence-electron chi connectivity index (χ0n) is 13.3. The summed E-state index contributed by atoms with van der Waals surface area (Å²) in [5, 5.41) is 3.49. The molecule has 2 rings (SSSR count). The summed E-state index contributed by atoms with van der Waals surface area (Å²) >= 11 is 0. The van der Waals surface area contributed by atoms with Crippen molar-refractivity contribution in [2.45, 2.75) is 20.3 Å². The molecule has 0 saturated carbocycles. The van der Waals surface area contributed by atoms with E-state index < -0.39 is 0 Å². The Morgan fingerprint density at radius 3 is 2.67 bits per heavy atom. The highest BCUT2D eigenvalue weighted by atomic mass is 127. The molecule has 0 unspecified atom stereocenters. The normalized spacial score (nSPS) is 14.1. The van der Waals surface area contributed by atoms with Crippen LogP contribution < -0.4 is 10.2 Å². The number of para-hydroxylation sites is 1. The number of nitrogens with zero attached hydrogens (tertiary/aromatic N) is 3. The average molecular weight is 402 g/mol. The van der Waals surface area contributed by atoms with Crippen molar-refractivity contribution in [2.24, 2.45) is 4.99 Å². The van der Waals surface area contributed by atoms with Crippen LogP contribution in [0, 0.1) is 0 Å². The van der Waals surface area contributed by atoms with Gasteiger partial charge in [0.15, 0.2) is 5.96 Å². The zero-order valence-corrected chi connectivity index (χ0v) is 15.6. The molecule has 0 aliphatic carbocycles. The molecule has 0 aromatic heterocycles. The van der Waals surface area contributed by atoms with Crippen LogP contribution in [0.15, 0.2) is 29.3 Å². The maximum absolute atomic E-state index is 4.43. The zero-order chi connectivity index (χ0) is 14.4. The van der Waals surface area contributed by atoms with Crippen molar-refractivity contribution < 1.29 is 0 Å². The summed E-state index contributed by atoms with van der Waals surface area (Å²) in [7, 11) is 1.86. The van der Waals surface area contributed by atoms with Crippen LogP contribution in [0.4, 0.5) is 5.69 Å². The van der Waals surface area contributed by atoms with Crippen LogP contribution in [0.1, 0.15) is 19.4 Å². The van der Waals surface area contributed by atoms with E-state index in [4.69, 9.17) is 0 Å². The predicted octanol–water partition coefficient (Wildman–Crippen LogP) is 2.58. The fourth-order valence-electron chi connectivity index (χ4n) is 2.72. The number of likely N-dealkylation sites (N-methyl/N-ethyl adjacent to an activating group) is 1. The van der Waals surface area contributed by atoms with Crippen molar-refractivity contribution in [1.29, 1.82) is 0 Å². The van der Waals surface area contributed by atoms with Crippen molar-refractivity contribution in [3.05, 3.63) is 29.8 Å². The highest BCUT2D eigenvalue weighted by Gasteiger charge is 2.22. The third-order valence-electron chi connectivity index (χ3n) is 3.96. The van der Waals surface area contributed by atoms with Gasteiger partial charge in [0.1, 0.15) is 0 Å². The summed E-state index contributed by atoms with van der Waals surface area (Å²) < 4.78 is 0. The van der Waals surface area contributed by atoms with Gasteiger partial charge in [-0.25, -0.2) is 0 Å². The molecule has 0 saturated heterocycles. The van der Waals surface area contributed by atoms with Crippen LogP contribution in [0.25, 0.3) is 0 Å². The first-order valence-corrected chi connectivity index (χ1v) is 7.58. The van der Waals surface area contributed by atoms with Gasteiger partial charge in [0, 0.05) is 32.4 Å². The molecule has 0 atom stereocenters. The third kappa shape index (κ3) is 4.57. The molecule has 4 nitrogen and oxygen atoms in total. The van der Waals surface area contributed by atoms with Crippen LogP contribution in [-0.4, -0.2) is 50.6 Å². The molecule has 0 bridgehead atoms. The molecule has 5 heteroatoms. The Kier molecular flexibility index (Phi) is 8.03. The van der Waals surface area contributed by atoms with E-state index in [9.17, 15) is 0 Å². The van der Waals surface area contributed by atoms with Gasteiger partial charge in [-0.1, -0.05) is 32.0 Å². The Morgan fingerprint density at radius 2 is 2.00 bits per heavy atom. The van der Waals surface area contributed by atoms with Gasteiger partial charge < -0.3 is 15.1 Å². The predicted molar refractivity (Wildman–Crippen MR) is 102 cm³/mol. The molecule has 1 aromatic rings. The quantitative estimate of drug-likeness (QED) is 0.467. The molecule has 1 aliphatic rings. The number of nitrogens with one attached hydrogen (secondary N) is 1. The van der Waals surface area contributed by atoms with Crippen LogP contribution in [0.2, 0.25) is 0 Å². The summed E-state index contributed by atoms with van der Waals surface area (Å²) in [4.78, 5) is 9.13. The molecule has 0 radical (unpaired) electrons. The summed E-state index contributed by atoms with van der Waals surface area (Å²) in [6.45, 7) is 9.62. The first-order valence-electron chi connectivity index (χ1n) is 7.58. The highest BCUT2D eigenvalue weighted by molar-refractivity contribution is 14.0. The first kappa shape index (κ1) is 18.2. The van der Waals surface area contributed by atoms with Gasteiger partial charge in [0.05, 0.1) is 0 Å². The van der Waals surface area contributed by atoms with E-state index in [0.717, 1.165) is 45.1 Å². The average Bonchev–Trinajstić information content (AvgIpc) is 2.92. The second-order valence-corrected chi connectivity index (χ2v) is 5.03. The lowest BCUT2D eigenvalue weighted by atomic mass is 10.2. The largest absolute Gasteiger partial charge is 0.355 e. The van der Waals surface area contributed by atoms with Crippen LogP contribution in [-0.2, 0) is 6.42 Å². The fraction of sp³-hybridized carbons (Fsp3) is 0.562. The molecule has 1 aliphatic heterocycles. The summed E-state index contributed by atoms with van der Waals surface area (Å²) in [5.74, 6) is 0.988. The Hall–Kier alpha value is -0.820. The Bertz CT molecular complexity index is 457. The summed E-state index contributed by atoms with van der Waals surface area (Å²) in [6.07, 6.45) is 1.10. The molecular formula is C16H27IN4. The molecule has 0 fully saturated rings. The van der Waals surface area contributed by atoms with E-state index in [1.807, 2.05) is 7.05 Å². The first-order chi connectivity index (χ1) is 9.80. The van der Waals surface area contributed by atoms with Crippen molar-refractivity contribution in [3.63, 3.8) is 0 Å². The van der Waals surface area contributed by atoms with Crippen molar-refractivity contribution >= 4 is 35.6 Å². The molecule has 118 valence electrons. The van der Waals surface area contributed by atoms with Crippen LogP contribution >= 0.6 is 24.0 Å². The number of halogens is 1. The molecule has 1 heterocycles. The lowest BCUT2D eigenvalue weighted by Crippen LogP contribution is -2.43. The summed E-state index contributed by atoms with van der Waals surface area (Å²) in [6, 6.07) is 8.59. The number of anilines is 1. The number of hydrogen-bond acceptors (Lipinski definition) is 2. The van der Waals surface area contributed by atoms with E-state index in [1.165, 1.54) is 11.3 Å². The Balaban J connectivity index is 0.00000220. The van der Waals surface area contributed by atoms with E-state index in [0.29, 0.717) is 0 Å². The van der Waals surface area contributed by atoms with E-state index in [-0.39, 0.29) is 24.0 Å². The van der Waals surface area contributed by atoms with Crippen molar-refractivity contribution in [3.8, 4) is 0 Å². The molecule has 1 aromatic carbocycles. The standard InChI is InChI=1S/C16H26N4.HI/c1-4-19(5-2)13-11-18-16(17-3)20-12-10-14-8-6-7-9-15(14)20;/h6-9H,4-5,10-13H2,1-3H3,(H,17,18);1H. The monoisotopic (exact) mass is 402 g/mol. The molecule has 0 amide bonds. The van der Waals surface area contributed by atoms with Crippen molar-refractivity contribution in [1.82, 2.24) is 10.2 Å². The number of hydrogen-bond donors (Lipinski definition) is 1. The van der Waals surface area contributed by atoms with Gasteiger partial charge in [-0.15, -0.1) is 24.0 Å². The second kappa shape index (κ2) is 9.25. The minimum absolute atomic E-state index is 0. The number of benzene rings is 1. The molecule has 21 heavy (non-hydrogen) atoms. The van der Waals surface area contributed by atoms with E-state index in [2.05, 4.69) is 58.2 Å². The SMILES string of the molecule is CCN(CC)CCNC(=NC)N1CCc2ccccc21.I. The van der Waals surface area contributed by atoms with Crippen LogP contribution in [0.3, 0.4) is 0 Å². The van der Waals surface area contributed by atoms with Gasteiger partial charge in [-0.2, -0.15) is 0 Å². The molecular weight excluding hydrogens is 375 g/mol.